The maximum absolute atomic E-state index is 14.3. The van der Waals surface area contributed by atoms with Crippen molar-refractivity contribution >= 4 is 15.7 Å². The van der Waals surface area contributed by atoms with Gasteiger partial charge in [-0.05, 0) is 62.1 Å². The third-order valence-corrected chi connectivity index (χ3v) is 11.8. The first-order chi connectivity index (χ1) is 19.4. The summed E-state index contributed by atoms with van der Waals surface area (Å²) in [5, 5.41) is 0. The van der Waals surface area contributed by atoms with E-state index in [0.29, 0.717) is 30.7 Å². The zero-order valence-corrected chi connectivity index (χ0v) is 24.4. The van der Waals surface area contributed by atoms with Gasteiger partial charge in [0.15, 0.2) is 0 Å². The molecule has 2 saturated carbocycles. The minimum Gasteiger partial charge on any atom is -0.295 e. The molecule has 0 aromatic carbocycles. The highest BCUT2D eigenvalue weighted by atomic mass is 32.2. The molecule has 14 heteroatoms. The highest BCUT2D eigenvalue weighted by molar-refractivity contribution is 7.86. The highest BCUT2D eigenvalue weighted by Gasteiger charge is 2.44. The summed E-state index contributed by atoms with van der Waals surface area (Å²) in [5.41, 5.74) is 5.21. The van der Waals surface area contributed by atoms with Gasteiger partial charge in [-0.2, -0.15) is 30.2 Å². The van der Waals surface area contributed by atoms with Gasteiger partial charge >= 0.3 is 11.9 Å². The van der Waals surface area contributed by atoms with Crippen molar-refractivity contribution < 1.29 is 21.6 Å². The maximum atomic E-state index is 14.3. The number of alkyl halides is 3. The van der Waals surface area contributed by atoms with Crippen LogP contribution in [0.15, 0.2) is 23.3 Å². The minimum absolute atomic E-state index is 0.137. The molecular formula is C27H40F3N7O3S. The first-order valence-electron chi connectivity index (χ1n) is 14.7. The summed E-state index contributed by atoms with van der Waals surface area (Å²) in [6.45, 7) is 1.11. The van der Waals surface area contributed by atoms with Gasteiger partial charge in [0.05, 0.1) is 23.9 Å². The fraction of sp³-hybridized carbons (Fsp3) is 0.741. The van der Waals surface area contributed by atoms with Crippen molar-refractivity contribution in [2.24, 2.45) is 17.8 Å². The molecule has 0 spiro atoms. The van der Waals surface area contributed by atoms with Gasteiger partial charge < -0.3 is 0 Å². The Balaban J connectivity index is 1.33. The van der Waals surface area contributed by atoms with Crippen molar-refractivity contribution in [3.05, 3.63) is 40.1 Å². The molecule has 228 valence electrons. The molecule has 0 bridgehead atoms. The predicted octanol–water partition coefficient (Wildman–Crippen LogP) is 2.97. The molecule has 2 saturated heterocycles. The average Bonchev–Trinajstić information content (AvgIpc) is 3.46. The Morgan fingerprint density at radius 2 is 1.76 bits per heavy atom. The monoisotopic (exact) mass is 599 g/mol. The summed E-state index contributed by atoms with van der Waals surface area (Å²) in [6, 6.07) is 0.803. The van der Waals surface area contributed by atoms with E-state index in [2.05, 4.69) is 22.8 Å². The summed E-state index contributed by atoms with van der Waals surface area (Å²) in [5.74, 6) is 1.36. The van der Waals surface area contributed by atoms with Gasteiger partial charge in [0.2, 0.25) is 0 Å². The van der Waals surface area contributed by atoms with Gasteiger partial charge in [-0.25, -0.2) is 15.6 Å². The number of hydrazine groups is 1. The van der Waals surface area contributed by atoms with Crippen LogP contribution in [0.25, 0.3) is 5.52 Å². The zero-order valence-electron chi connectivity index (χ0n) is 23.6. The van der Waals surface area contributed by atoms with E-state index in [9.17, 15) is 26.4 Å². The standard InChI is InChI=1S/C27H40F3N7O3S/c1-33-17-31-32-25(33)24(19-6-3-7-19)20-8-4-9-21(13-20)36-16-23-22(27(28,29)30)12-18(15-37(23)26(36)38)14-35-11-5-10-34(2)41(35,39)40/h12,15-16,19-21,24-25,31-32H,3-11,13-14,17H2,1-2H3/t20?,21?,24-,25?/m1/s1. The molecule has 2 aliphatic heterocycles. The number of hydrogen-bond donors (Lipinski definition) is 2. The maximum Gasteiger partial charge on any atom is 0.418 e. The second kappa shape index (κ2) is 10.9. The molecule has 3 unspecified atom stereocenters. The third kappa shape index (κ3) is 5.35. The largest absolute Gasteiger partial charge is 0.418 e. The van der Waals surface area contributed by atoms with Crippen molar-refractivity contribution in [1.82, 2.24) is 33.3 Å². The lowest BCUT2D eigenvalue weighted by Gasteiger charge is -2.46. The van der Waals surface area contributed by atoms with E-state index >= 15 is 0 Å². The first-order valence-corrected chi connectivity index (χ1v) is 16.1. The van der Waals surface area contributed by atoms with Gasteiger partial charge in [0.25, 0.3) is 10.2 Å². The van der Waals surface area contributed by atoms with Crippen LogP contribution in [0.3, 0.4) is 0 Å². The highest BCUT2D eigenvalue weighted by Crippen LogP contribution is 2.47. The lowest BCUT2D eigenvalue weighted by atomic mass is 9.65. The van der Waals surface area contributed by atoms with Crippen molar-refractivity contribution in [3.63, 3.8) is 0 Å². The smallest absolute Gasteiger partial charge is 0.295 e. The van der Waals surface area contributed by atoms with Crippen LogP contribution in [0.5, 0.6) is 0 Å². The van der Waals surface area contributed by atoms with Crippen LogP contribution in [0.4, 0.5) is 13.2 Å². The summed E-state index contributed by atoms with van der Waals surface area (Å²) in [7, 11) is -0.220. The zero-order chi connectivity index (χ0) is 29.1. The number of nitrogens with zero attached hydrogens (tertiary/aromatic N) is 5. The van der Waals surface area contributed by atoms with Crippen molar-refractivity contribution in [1.29, 1.82) is 0 Å². The Morgan fingerprint density at radius 3 is 2.41 bits per heavy atom. The normalized spacial score (nSPS) is 29.6. The Bertz CT molecular complexity index is 1440. The quantitative estimate of drug-likeness (QED) is 0.531. The van der Waals surface area contributed by atoms with E-state index in [0.717, 1.165) is 42.8 Å². The number of hydrogen-bond acceptors (Lipinski definition) is 6. The predicted molar refractivity (Wildman–Crippen MR) is 148 cm³/mol. The van der Waals surface area contributed by atoms with E-state index in [1.807, 2.05) is 0 Å². The number of fused-ring (bicyclic) bond motifs is 1. The van der Waals surface area contributed by atoms with E-state index < -0.39 is 27.6 Å². The molecule has 4 atom stereocenters. The Hall–Kier alpha value is -1.97. The van der Waals surface area contributed by atoms with Gasteiger partial charge in [-0.1, -0.05) is 25.7 Å². The molecule has 4 heterocycles. The SMILES string of the molecule is CN1CNNC1[C@H](C1CCC1)C1CCCC(n2cc3c(C(F)(F)F)cc(CN4CCCN(C)S4(=O)=O)cn3c2=O)C1. The molecule has 0 radical (unpaired) electrons. The van der Waals surface area contributed by atoms with Crippen LogP contribution in [0.2, 0.25) is 0 Å². The van der Waals surface area contributed by atoms with Crippen LogP contribution in [0.1, 0.15) is 68.5 Å². The Morgan fingerprint density at radius 1 is 1.02 bits per heavy atom. The van der Waals surface area contributed by atoms with E-state index in [4.69, 9.17) is 0 Å². The summed E-state index contributed by atoms with van der Waals surface area (Å²) >= 11 is 0. The van der Waals surface area contributed by atoms with Crippen molar-refractivity contribution in [2.75, 3.05) is 33.9 Å². The van der Waals surface area contributed by atoms with Crippen molar-refractivity contribution in [3.8, 4) is 0 Å². The number of pyridine rings is 1. The third-order valence-electron chi connectivity index (χ3n) is 9.85. The van der Waals surface area contributed by atoms with Crippen LogP contribution in [-0.4, -0.2) is 70.9 Å². The number of aromatic nitrogens is 2. The fourth-order valence-electron chi connectivity index (χ4n) is 7.50. The Kier molecular flexibility index (Phi) is 7.77. The molecule has 2 aromatic heterocycles. The lowest BCUT2D eigenvalue weighted by molar-refractivity contribution is -0.136. The topological polar surface area (TPSA) is 94.3 Å². The molecular weight excluding hydrogens is 559 g/mol. The summed E-state index contributed by atoms with van der Waals surface area (Å²) in [4.78, 5) is 16.0. The second-order valence-electron chi connectivity index (χ2n) is 12.4. The summed E-state index contributed by atoms with van der Waals surface area (Å²) < 4.78 is 73.4. The molecule has 4 fully saturated rings. The molecule has 2 aromatic rings. The van der Waals surface area contributed by atoms with Crippen LogP contribution in [-0.2, 0) is 22.9 Å². The lowest BCUT2D eigenvalue weighted by Crippen LogP contribution is -2.50. The van der Waals surface area contributed by atoms with Crippen LogP contribution in [0, 0.1) is 17.8 Å². The second-order valence-corrected chi connectivity index (χ2v) is 14.4. The molecule has 2 aliphatic carbocycles. The molecule has 6 rings (SSSR count). The van der Waals surface area contributed by atoms with E-state index in [-0.39, 0.29) is 36.4 Å². The number of imidazole rings is 1. The van der Waals surface area contributed by atoms with Gasteiger partial charge in [0, 0.05) is 45.1 Å². The molecule has 0 amide bonds. The van der Waals surface area contributed by atoms with Crippen LogP contribution >= 0.6 is 0 Å². The van der Waals surface area contributed by atoms with E-state index in [1.54, 1.807) is 0 Å². The number of rotatable bonds is 6. The summed E-state index contributed by atoms with van der Waals surface area (Å²) in [6.07, 6.45) is 5.87. The van der Waals surface area contributed by atoms with E-state index in [1.165, 1.54) is 51.9 Å². The fourth-order valence-corrected chi connectivity index (χ4v) is 8.93. The van der Waals surface area contributed by atoms with Crippen LogP contribution < -0.4 is 16.5 Å². The Labute approximate surface area is 238 Å². The first kappa shape index (κ1) is 29.1. The molecule has 41 heavy (non-hydrogen) atoms. The van der Waals surface area contributed by atoms with Gasteiger partial charge in [0.1, 0.15) is 0 Å². The average molecular weight is 600 g/mol. The number of nitrogens with one attached hydrogen (secondary N) is 2. The minimum atomic E-state index is -4.70. The number of halogens is 3. The molecule has 2 N–H and O–H groups in total. The van der Waals surface area contributed by atoms with Gasteiger partial charge in [-0.3, -0.25) is 13.9 Å². The molecule has 10 nitrogen and oxygen atoms in total. The van der Waals surface area contributed by atoms with Crippen molar-refractivity contribution in [2.45, 2.75) is 76.3 Å². The molecule has 4 aliphatic rings. The van der Waals surface area contributed by atoms with Gasteiger partial charge in [-0.15, -0.1) is 0 Å².